The number of aliphatic hydroxyl groups is 1. The molecular formula is C31H33NO3. The third-order valence-corrected chi connectivity index (χ3v) is 6.11. The minimum Gasteiger partial charge on any atom is -0.497 e. The van der Waals surface area contributed by atoms with Gasteiger partial charge in [0, 0.05) is 18.5 Å². The molecule has 0 spiro atoms. The summed E-state index contributed by atoms with van der Waals surface area (Å²) < 4.78 is 11.5. The molecule has 4 aromatic rings. The molecule has 2 N–H and O–H groups in total. The van der Waals surface area contributed by atoms with Gasteiger partial charge in [-0.1, -0.05) is 78.9 Å². The van der Waals surface area contributed by atoms with E-state index < -0.39 is 0 Å². The van der Waals surface area contributed by atoms with Crippen molar-refractivity contribution >= 4 is 0 Å². The van der Waals surface area contributed by atoms with Gasteiger partial charge in [-0.05, 0) is 52.9 Å². The molecule has 0 radical (unpaired) electrons. The SMILES string of the molecule is COc1cccc(C(NCCc2ccccc2)c2ccc(OCCc3ccccc3)c(CO)c2)c1. The van der Waals surface area contributed by atoms with Gasteiger partial charge in [0.15, 0.2) is 0 Å². The molecule has 0 aliphatic carbocycles. The van der Waals surface area contributed by atoms with Crippen molar-refractivity contribution in [3.05, 3.63) is 131 Å². The molecule has 180 valence electrons. The molecule has 1 unspecified atom stereocenters. The van der Waals surface area contributed by atoms with Crippen molar-refractivity contribution in [2.24, 2.45) is 0 Å². The van der Waals surface area contributed by atoms with Gasteiger partial charge in [-0.2, -0.15) is 0 Å². The number of rotatable bonds is 12. The van der Waals surface area contributed by atoms with E-state index in [4.69, 9.17) is 9.47 Å². The Morgan fingerprint density at radius 3 is 2.11 bits per heavy atom. The zero-order valence-corrected chi connectivity index (χ0v) is 20.2. The van der Waals surface area contributed by atoms with Gasteiger partial charge < -0.3 is 19.9 Å². The molecule has 0 aliphatic heterocycles. The highest BCUT2D eigenvalue weighted by Crippen LogP contribution is 2.29. The van der Waals surface area contributed by atoms with E-state index in [2.05, 4.69) is 59.9 Å². The van der Waals surface area contributed by atoms with Crippen LogP contribution in [0.2, 0.25) is 0 Å². The fourth-order valence-corrected chi connectivity index (χ4v) is 4.22. The summed E-state index contributed by atoms with van der Waals surface area (Å²) in [6.45, 7) is 1.30. The van der Waals surface area contributed by atoms with Gasteiger partial charge in [-0.3, -0.25) is 0 Å². The molecule has 0 bridgehead atoms. The van der Waals surface area contributed by atoms with Crippen LogP contribution in [0.25, 0.3) is 0 Å². The van der Waals surface area contributed by atoms with Crippen LogP contribution in [0.15, 0.2) is 103 Å². The van der Waals surface area contributed by atoms with Gasteiger partial charge in [0.1, 0.15) is 11.5 Å². The van der Waals surface area contributed by atoms with Crippen LogP contribution >= 0.6 is 0 Å². The number of aliphatic hydroxyl groups excluding tert-OH is 1. The van der Waals surface area contributed by atoms with Crippen molar-refractivity contribution in [2.45, 2.75) is 25.5 Å². The normalized spacial score (nSPS) is 11.7. The van der Waals surface area contributed by atoms with E-state index in [1.54, 1.807) is 7.11 Å². The third kappa shape index (κ3) is 6.95. The Hall–Kier alpha value is -3.60. The second-order valence-electron chi connectivity index (χ2n) is 8.51. The number of hydrogen-bond donors (Lipinski definition) is 2. The van der Waals surface area contributed by atoms with E-state index in [0.29, 0.717) is 6.61 Å². The smallest absolute Gasteiger partial charge is 0.124 e. The first-order valence-electron chi connectivity index (χ1n) is 12.1. The molecule has 4 rings (SSSR count). The highest BCUT2D eigenvalue weighted by Gasteiger charge is 2.17. The lowest BCUT2D eigenvalue weighted by molar-refractivity contribution is 0.263. The summed E-state index contributed by atoms with van der Waals surface area (Å²) in [4.78, 5) is 0. The topological polar surface area (TPSA) is 50.7 Å². The molecule has 0 saturated heterocycles. The Kier molecular flexibility index (Phi) is 8.93. The zero-order chi connectivity index (χ0) is 24.3. The summed E-state index contributed by atoms with van der Waals surface area (Å²) in [6.07, 6.45) is 1.75. The number of methoxy groups -OCH3 is 1. The van der Waals surface area contributed by atoms with E-state index in [9.17, 15) is 5.11 Å². The number of hydrogen-bond acceptors (Lipinski definition) is 4. The van der Waals surface area contributed by atoms with E-state index >= 15 is 0 Å². The lowest BCUT2D eigenvalue weighted by Crippen LogP contribution is -2.25. The van der Waals surface area contributed by atoms with Crippen molar-refractivity contribution in [3.8, 4) is 11.5 Å². The molecule has 35 heavy (non-hydrogen) atoms. The van der Waals surface area contributed by atoms with Crippen LogP contribution in [0.4, 0.5) is 0 Å². The molecule has 0 amide bonds. The Balaban J connectivity index is 1.51. The summed E-state index contributed by atoms with van der Waals surface area (Å²) in [5.74, 6) is 1.54. The first-order chi connectivity index (χ1) is 17.3. The van der Waals surface area contributed by atoms with Gasteiger partial charge in [0.2, 0.25) is 0 Å². The van der Waals surface area contributed by atoms with Crippen LogP contribution in [-0.4, -0.2) is 25.4 Å². The van der Waals surface area contributed by atoms with Crippen molar-refractivity contribution < 1.29 is 14.6 Å². The molecule has 0 saturated carbocycles. The summed E-state index contributed by atoms with van der Waals surface area (Å²) >= 11 is 0. The predicted octanol–water partition coefficient (Wildman–Crippen LogP) is 5.73. The van der Waals surface area contributed by atoms with Gasteiger partial charge in [-0.15, -0.1) is 0 Å². The Bertz CT molecular complexity index is 1180. The van der Waals surface area contributed by atoms with Crippen molar-refractivity contribution in [3.63, 3.8) is 0 Å². The molecule has 0 fully saturated rings. The van der Waals surface area contributed by atoms with Crippen molar-refractivity contribution in [2.75, 3.05) is 20.3 Å². The summed E-state index contributed by atoms with van der Waals surface area (Å²) in [5.41, 5.74) is 5.50. The molecular weight excluding hydrogens is 434 g/mol. The van der Waals surface area contributed by atoms with Crippen LogP contribution in [0.5, 0.6) is 11.5 Å². The minimum atomic E-state index is -0.0800. The van der Waals surface area contributed by atoms with Crippen molar-refractivity contribution in [1.29, 1.82) is 0 Å². The number of ether oxygens (including phenoxy) is 2. The third-order valence-electron chi connectivity index (χ3n) is 6.11. The zero-order valence-electron chi connectivity index (χ0n) is 20.2. The average molecular weight is 468 g/mol. The summed E-state index contributed by atoms with van der Waals surface area (Å²) in [6, 6.07) is 34.9. The fraction of sp³-hybridized carbons (Fsp3) is 0.226. The first-order valence-corrected chi connectivity index (χ1v) is 12.1. The first kappa shape index (κ1) is 24.5. The van der Waals surface area contributed by atoms with Crippen LogP contribution in [0.1, 0.15) is 33.9 Å². The Morgan fingerprint density at radius 1 is 0.743 bits per heavy atom. The maximum absolute atomic E-state index is 10.1. The molecule has 0 aromatic heterocycles. The van der Waals surface area contributed by atoms with E-state index in [1.165, 1.54) is 11.1 Å². The van der Waals surface area contributed by atoms with E-state index in [0.717, 1.165) is 47.6 Å². The largest absolute Gasteiger partial charge is 0.497 e. The van der Waals surface area contributed by atoms with Crippen LogP contribution in [0.3, 0.4) is 0 Å². The quantitative estimate of drug-likeness (QED) is 0.279. The molecule has 4 aromatic carbocycles. The van der Waals surface area contributed by atoms with Crippen LogP contribution in [-0.2, 0) is 19.4 Å². The van der Waals surface area contributed by atoms with Gasteiger partial charge in [0.25, 0.3) is 0 Å². The van der Waals surface area contributed by atoms with E-state index in [-0.39, 0.29) is 12.6 Å². The monoisotopic (exact) mass is 467 g/mol. The maximum Gasteiger partial charge on any atom is 0.124 e. The van der Waals surface area contributed by atoms with Crippen LogP contribution < -0.4 is 14.8 Å². The average Bonchev–Trinajstić information content (AvgIpc) is 2.92. The fourth-order valence-electron chi connectivity index (χ4n) is 4.22. The standard InChI is InChI=1S/C31H33NO3/c1-34-29-14-8-13-26(22-29)31(32-19-17-24-9-4-2-5-10-24)27-15-16-30(28(21-27)23-33)35-20-18-25-11-6-3-7-12-25/h2-16,21-22,31-33H,17-20,23H2,1H3. The van der Waals surface area contributed by atoms with Gasteiger partial charge in [0.05, 0.1) is 26.4 Å². The lowest BCUT2D eigenvalue weighted by atomic mass is 9.96. The van der Waals surface area contributed by atoms with Gasteiger partial charge in [-0.25, -0.2) is 0 Å². The molecule has 4 nitrogen and oxygen atoms in total. The Labute approximate surface area is 208 Å². The molecule has 4 heteroatoms. The highest BCUT2D eigenvalue weighted by atomic mass is 16.5. The second-order valence-corrected chi connectivity index (χ2v) is 8.51. The summed E-state index contributed by atoms with van der Waals surface area (Å²) in [7, 11) is 1.68. The molecule has 1 atom stereocenters. The number of nitrogens with one attached hydrogen (secondary N) is 1. The Morgan fingerprint density at radius 2 is 1.43 bits per heavy atom. The predicted molar refractivity (Wildman–Crippen MR) is 141 cm³/mol. The maximum atomic E-state index is 10.1. The van der Waals surface area contributed by atoms with Gasteiger partial charge >= 0.3 is 0 Å². The van der Waals surface area contributed by atoms with E-state index in [1.807, 2.05) is 48.5 Å². The molecule has 0 heterocycles. The van der Waals surface area contributed by atoms with Crippen LogP contribution in [0, 0.1) is 0 Å². The molecule has 0 aliphatic rings. The lowest BCUT2D eigenvalue weighted by Gasteiger charge is -2.22. The highest BCUT2D eigenvalue weighted by molar-refractivity contribution is 5.43. The number of benzene rings is 4. The minimum absolute atomic E-state index is 0.0440. The second kappa shape index (κ2) is 12.7. The summed E-state index contributed by atoms with van der Waals surface area (Å²) in [5, 5.41) is 13.8. The van der Waals surface area contributed by atoms with Crippen molar-refractivity contribution in [1.82, 2.24) is 5.32 Å².